The monoisotopic (exact) mass is 210 g/mol. The molecular formula is C9H10N2O4. The fourth-order valence-electron chi connectivity index (χ4n) is 1.14. The van der Waals surface area contributed by atoms with Crippen molar-refractivity contribution in [2.24, 2.45) is 0 Å². The maximum Gasteiger partial charge on any atom is 0.332 e. The topological polar surface area (TPSA) is 83.7 Å². The maximum atomic E-state index is 10.7. The number of hydrazine groups is 1. The van der Waals surface area contributed by atoms with Crippen molar-refractivity contribution in [2.75, 3.05) is 5.01 Å². The summed E-state index contributed by atoms with van der Waals surface area (Å²) in [6.07, 6.45) is 0. The molecule has 0 unspecified atom stereocenters. The zero-order valence-electron chi connectivity index (χ0n) is 8.03. The van der Waals surface area contributed by atoms with Crippen molar-refractivity contribution < 1.29 is 14.9 Å². The van der Waals surface area contributed by atoms with Gasteiger partial charge in [0.25, 0.3) is 0 Å². The van der Waals surface area contributed by atoms with Gasteiger partial charge in [-0.05, 0) is 19.1 Å². The lowest BCUT2D eigenvalue weighted by atomic mass is 10.2. The van der Waals surface area contributed by atoms with Gasteiger partial charge in [-0.15, -0.1) is 0 Å². The van der Waals surface area contributed by atoms with Gasteiger partial charge in [0.05, 0.1) is 0 Å². The minimum atomic E-state index is -1.24. The predicted octanol–water partition coefficient (Wildman–Crippen LogP) is 1.16. The van der Waals surface area contributed by atoms with Crippen LogP contribution in [-0.2, 0) is 4.79 Å². The second-order valence-corrected chi connectivity index (χ2v) is 2.93. The molecule has 15 heavy (non-hydrogen) atoms. The summed E-state index contributed by atoms with van der Waals surface area (Å²) in [5.74, 6) is -1.24. The molecule has 0 heterocycles. The first-order valence-corrected chi connectivity index (χ1v) is 4.25. The fraction of sp³-hybridized carbons (Fsp3) is 0.222. The van der Waals surface area contributed by atoms with E-state index in [0.29, 0.717) is 5.01 Å². The minimum Gasteiger partial charge on any atom is -0.480 e. The van der Waals surface area contributed by atoms with Gasteiger partial charge in [0.1, 0.15) is 5.69 Å². The summed E-state index contributed by atoms with van der Waals surface area (Å²) in [6, 6.07) is 6.70. The van der Waals surface area contributed by atoms with Gasteiger partial charge in [0.2, 0.25) is 0 Å². The number of anilines is 1. The Morgan fingerprint density at radius 2 is 2.00 bits per heavy atom. The van der Waals surface area contributed by atoms with Crippen LogP contribution in [-0.4, -0.2) is 22.1 Å². The highest BCUT2D eigenvalue weighted by molar-refractivity contribution is 5.76. The fourth-order valence-corrected chi connectivity index (χ4v) is 1.14. The highest BCUT2D eigenvalue weighted by Gasteiger charge is 2.30. The summed E-state index contributed by atoms with van der Waals surface area (Å²) >= 11 is 0. The highest BCUT2D eigenvalue weighted by Crippen LogP contribution is 2.16. The molecule has 6 heteroatoms. The third-order valence-corrected chi connectivity index (χ3v) is 1.92. The Balaban J connectivity index is 3.04. The molecule has 6 nitrogen and oxygen atoms in total. The van der Waals surface area contributed by atoms with E-state index in [1.54, 1.807) is 18.2 Å². The zero-order valence-corrected chi connectivity index (χ0v) is 8.03. The van der Waals surface area contributed by atoms with Crippen molar-refractivity contribution in [3.63, 3.8) is 0 Å². The van der Waals surface area contributed by atoms with E-state index < -0.39 is 17.0 Å². The first-order chi connectivity index (χ1) is 7.04. The predicted molar refractivity (Wildman–Crippen MR) is 53.0 cm³/mol. The molecule has 0 saturated heterocycles. The zero-order chi connectivity index (χ0) is 11.4. The largest absolute Gasteiger partial charge is 0.480 e. The number of carboxylic acids is 1. The van der Waals surface area contributed by atoms with E-state index in [2.05, 4.69) is 0 Å². The number of nitrogens with zero attached hydrogens (tertiary/aromatic N) is 2. The second kappa shape index (κ2) is 4.41. The van der Waals surface area contributed by atoms with Crippen LogP contribution in [0.3, 0.4) is 0 Å². The van der Waals surface area contributed by atoms with Crippen molar-refractivity contribution in [3.8, 4) is 0 Å². The molecule has 0 saturated carbocycles. The van der Waals surface area contributed by atoms with Gasteiger partial charge in [-0.2, -0.15) is 0 Å². The molecule has 0 fully saturated rings. The summed E-state index contributed by atoms with van der Waals surface area (Å²) in [4.78, 5) is 21.4. The lowest BCUT2D eigenvalue weighted by Gasteiger charge is -2.17. The number of nitro groups is 1. The number of carboxylic acid groups (broad SMARTS) is 1. The van der Waals surface area contributed by atoms with Crippen molar-refractivity contribution in [3.05, 3.63) is 40.4 Å². The molecule has 0 spiro atoms. The number of benzene rings is 1. The van der Waals surface area contributed by atoms with Gasteiger partial charge in [0.15, 0.2) is 11.1 Å². The van der Waals surface area contributed by atoms with E-state index in [4.69, 9.17) is 5.11 Å². The van der Waals surface area contributed by atoms with E-state index in [0.717, 1.165) is 0 Å². The number of aliphatic carboxylic acids is 1. The van der Waals surface area contributed by atoms with Crippen molar-refractivity contribution in [1.29, 1.82) is 0 Å². The summed E-state index contributed by atoms with van der Waals surface area (Å²) in [5.41, 5.74) is 0.248. The van der Waals surface area contributed by atoms with Crippen molar-refractivity contribution in [1.82, 2.24) is 0 Å². The third-order valence-electron chi connectivity index (χ3n) is 1.92. The summed E-state index contributed by atoms with van der Waals surface area (Å²) in [7, 11) is 0. The number of rotatable bonds is 4. The lowest BCUT2D eigenvalue weighted by molar-refractivity contribution is -0.498. The van der Waals surface area contributed by atoms with Crippen LogP contribution in [0.1, 0.15) is 6.92 Å². The number of carbonyl (C=O) groups is 1. The van der Waals surface area contributed by atoms with Gasteiger partial charge >= 0.3 is 5.97 Å². The third kappa shape index (κ3) is 2.43. The molecule has 1 atom stereocenters. The number of hydrogen-bond acceptors (Lipinski definition) is 3. The van der Waals surface area contributed by atoms with E-state index in [1.165, 1.54) is 19.1 Å². The van der Waals surface area contributed by atoms with Crippen LogP contribution in [0, 0.1) is 10.1 Å². The van der Waals surface area contributed by atoms with E-state index in [9.17, 15) is 14.9 Å². The Hall–Kier alpha value is -2.11. The maximum absolute atomic E-state index is 10.7. The molecule has 0 aliphatic carbocycles. The molecule has 0 amide bonds. The van der Waals surface area contributed by atoms with Gasteiger partial charge in [0, 0.05) is 0 Å². The Labute approximate surface area is 85.9 Å². The lowest BCUT2D eigenvalue weighted by Crippen LogP contribution is -2.43. The number of para-hydroxylation sites is 1. The molecule has 0 radical (unpaired) electrons. The average Bonchev–Trinajstić information content (AvgIpc) is 2.18. The molecule has 0 aliphatic rings. The van der Waals surface area contributed by atoms with Gasteiger partial charge in [-0.25, -0.2) is 14.9 Å². The molecule has 0 bridgehead atoms. The molecular weight excluding hydrogens is 200 g/mol. The van der Waals surface area contributed by atoms with Crippen molar-refractivity contribution in [2.45, 2.75) is 13.0 Å². The van der Waals surface area contributed by atoms with E-state index in [-0.39, 0.29) is 5.69 Å². The smallest absolute Gasteiger partial charge is 0.332 e. The second-order valence-electron chi connectivity index (χ2n) is 2.93. The molecule has 0 aromatic heterocycles. The van der Waals surface area contributed by atoms with Crippen LogP contribution in [0.5, 0.6) is 0 Å². The molecule has 80 valence electrons. The normalized spacial score (nSPS) is 11.8. The van der Waals surface area contributed by atoms with E-state index >= 15 is 0 Å². The standard InChI is InChI=1S/C9H10N2O4/c1-7(9(12)13)10(11(14)15)8-5-3-2-4-6-8/h2-7H,1H3,(H,12,13)/t7-/m0/s1. The van der Waals surface area contributed by atoms with Crippen LogP contribution >= 0.6 is 0 Å². The Morgan fingerprint density at radius 1 is 1.47 bits per heavy atom. The average molecular weight is 210 g/mol. The van der Waals surface area contributed by atoms with E-state index in [1.807, 2.05) is 0 Å². The Bertz CT molecular complexity index is 366. The summed E-state index contributed by atoms with van der Waals surface area (Å²) in [5, 5.41) is 19.3. The van der Waals surface area contributed by atoms with Crippen LogP contribution < -0.4 is 5.01 Å². The van der Waals surface area contributed by atoms with Crippen LogP contribution in [0.2, 0.25) is 0 Å². The number of hydrogen-bond donors (Lipinski definition) is 1. The molecule has 0 aliphatic heterocycles. The van der Waals surface area contributed by atoms with Crippen LogP contribution in [0.15, 0.2) is 30.3 Å². The summed E-state index contributed by atoms with van der Waals surface area (Å²) < 4.78 is 0. The molecule has 1 aromatic rings. The molecule has 1 N–H and O–H groups in total. The molecule has 1 rings (SSSR count). The highest BCUT2D eigenvalue weighted by atomic mass is 16.7. The SMILES string of the molecule is C[C@@H](C(=O)O)N(c1ccccc1)[N+](=O)[O-]. The first kappa shape index (κ1) is 11.0. The van der Waals surface area contributed by atoms with Crippen LogP contribution in [0.4, 0.5) is 5.69 Å². The Morgan fingerprint density at radius 3 is 2.40 bits per heavy atom. The summed E-state index contributed by atoms with van der Waals surface area (Å²) in [6.45, 7) is 1.26. The van der Waals surface area contributed by atoms with Crippen LogP contribution in [0.25, 0.3) is 0 Å². The quantitative estimate of drug-likeness (QED) is 0.595. The van der Waals surface area contributed by atoms with Crippen molar-refractivity contribution >= 4 is 11.7 Å². The van der Waals surface area contributed by atoms with Gasteiger partial charge < -0.3 is 5.11 Å². The molecule has 1 aromatic carbocycles. The first-order valence-electron chi connectivity index (χ1n) is 4.25. The minimum absolute atomic E-state index is 0.248. The van der Waals surface area contributed by atoms with Gasteiger partial charge in [-0.1, -0.05) is 23.2 Å². The van der Waals surface area contributed by atoms with Gasteiger partial charge in [-0.3, -0.25) is 0 Å². The Kier molecular flexibility index (Phi) is 3.22.